The van der Waals surface area contributed by atoms with Crippen LogP contribution in [0.2, 0.25) is 5.15 Å². The van der Waals surface area contributed by atoms with E-state index in [0.717, 1.165) is 55.1 Å². The Kier molecular flexibility index (Phi) is 4.89. The molecule has 6 heteroatoms. The van der Waals surface area contributed by atoms with Gasteiger partial charge in [-0.3, -0.25) is 9.78 Å². The Morgan fingerprint density at radius 1 is 1.31 bits per heavy atom. The van der Waals surface area contributed by atoms with E-state index in [-0.39, 0.29) is 5.91 Å². The molecule has 2 aromatic rings. The Morgan fingerprint density at radius 3 is 2.88 bits per heavy atom. The van der Waals surface area contributed by atoms with Gasteiger partial charge in [0, 0.05) is 50.0 Å². The molecule has 1 saturated carbocycles. The second-order valence-electron chi connectivity index (χ2n) is 6.93. The predicted molar refractivity (Wildman–Crippen MR) is 103 cm³/mol. The van der Waals surface area contributed by atoms with Crippen LogP contribution < -0.4 is 10.2 Å². The van der Waals surface area contributed by atoms with E-state index < -0.39 is 0 Å². The number of halogens is 1. The van der Waals surface area contributed by atoms with Gasteiger partial charge in [-0.2, -0.15) is 0 Å². The number of piperidine rings is 1. The van der Waals surface area contributed by atoms with Crippen LogP contribution in [0.1, 0.15) is 12.0 Å². The van der Waals surface area contributed by atoms with Crippen LogP contribution in [0.15, 0.2) is 48.9 Å². The molecule has 26 heavy (non-hydrogen) atoms. The van der Waals surface area contributed by atoms with Gasteiger partial charge in [0.05, 0.1) is 0 Å². The van der Waals surface area contributed by atoms with E-state index in [1.165, 1.54) is 0 Å². The molecule has 2 fully saturated rings. The molecule has 134 valence electrons. The van der Waals surface area contributed by atoms with Crippen molar-refractivity contribution in [1.82, 2.24) is 15.3 Å². The van der Waals surface area contributed by atoms with Crippen LogP contribution >= 0.6 is 11.6 Å². The number of anilines is 1. The molecule has 2 aromatic heterocycles. The van der Waals surface area contributed by atoms with Gasteiger partial charge in [0.15, 0.2) is 0 Å². The highest BCUT2D eigenvalue weighted by molar-refractivity contribution is 6.29. The molecule has 1 aliphatic carbocycles. The zero-order valence-electron chi connectivity index (χ0n) is 14.4. The third kappa shape index (κ3) is 3.88. The lowest BCUT2D eigenvalue weighted by Gasteiger charge is -2.22. The Hall–Kier alpha value is -2.40. The van der Waals surface area contributed by atoms with Crippen LogP contribution in [0.5, 0.6) is 0 Å². The number of nitrogens with zero attached hydrogens (tertiary/aromatic N) is 3. The quantitative estimate of drug-likeness (QED) is 0.629. The molecule has 4 rings (SSSR count). The second-order valence-corrected chi connectivity index (χ2v) is 7.32. The first kappa shape index (κ1) is 17.0. The van der Waals surface area contributed by atoms with E-state index in [2.05, 4.69) is 20.2 Å². The number of nitrogens with one attached hydrogen (secondary N) is 1. The zero-order valence-corrected chi connectivity index (χ0v) is 15.1. The van der Waals surface area contributed by atoms with Crippen molar-refractivity contribution < 1.29 is 4.79 Å². The van der Waals surface area contributed by atoms with Crippen molar-refractivity contribution >= 4 is 29.3 Å². The van der Waals surface area contributed by atoms with Crippen LogP contribution in [0, 0.1) is 17.8 Å². The number of fused-ring (bicyclic) bond motifs is 1. The van der Waals surface area contributed by atoms with Crippen molar-refractivity contribution in [3.8, 4) is 0 Å². The number of hydrogen-bond donors (Lipinski definition) is 1. The third-order valence-electron chi connectivity index (χ3n) is 5.34. The molecule has 3 heterocycles. The van der Waals surface area contributed by atoms with Gasteiger partial charge in [-0.25, -0.2) is 4.98 Å². The number of rotatable bonds is 6. The molecule has 1 amide bonds. The van der Waals surface area contributed by atoms with E-state index in [0.29, 0.717) is 5.15 Å². The van der Waals surface area contributed by atoms with Gasteiger partial charge in [-0.05, 0) is 54.0 Å². The summed E-state index contributed by atoms with van der Waals surface area (Å²) in [5, 5.41) is 3.52. The largest absolute Gasteiger partial charge is 0.371 e. The highest BCUT2D eigenvalue weighted by Gasteiger charge is 2.54. The normalized spacial score (nSPS) is 23.9. The van der Waals surface area contributed by atoms with Gasteiger partial charge in [-0.1, -0.05) is 17.7 Å². The lowest BCUT2D eigenvalue weighted by Crippen LogP contribution is -2.26. The van der Waals surface area contributed by atoms with Crippen molar-refractivity contribution in [3.63, 3.8) is 0 Å². The smallest absolute Gasteiger partial charge is 0.244 e. The minimum Gasteiger partial charge on any atom is -0.371 e. The van der Waals surface area contributed by atoms with Gasteiger partial charge >= 0.3 is 0 Å². The van der Waals surface area contributed by atoms with Crippen LogP contribution in [0.25, 0.3) is 6.08 Å². The van der Waals surface area contributed by atoms with Gasteiger partial charge in [0.2, 0.25) is 5.91 Å². The molecule has 2 aliphatic rings. The Morgan fingerprint density at radius 2 is 2.15 bits per heavy atom. The summed E-state index contributed by atoms with van der Waals surface area (Å²) in [6, 6.07) is 7.72. The first-order chi connectivity index (χ1) is 12.7. The molecule has 0 bridgehead atoms. The third-order valence-corrected chi connectivity index (χ3v) is 5.54. The van der Waals surface area contributed by atoms with Gasteiger partial charge < -0.3 is 10.2 Å². The molecule has 0 spiro atoms. The Labute approximate surface area is 158 Å². The summed E-state index contributed by atoms with van der Waals surface area (Å²) in [6.45, 7) is 2.88. The Balaban J connectivity index is 1.18. The van der Waals surface area contributed by atoms with Crippen LogP contribution in [0.3, 0.4) is 0 Å². The SMILES string of the molecule is O=C(/C=C/c1cccnc1)NCCC1C2CN(c3ccnc(Cl)c3)CC12. The van der Waals surface area contributed by atoms with Gasteiger partial charge in [0.25, 0.3) is 0 Å². The highest BCUT2D eigenvalue weighted by atomic mass is 35.5. The fraction of sp³-hybridized carbons (Fsp3) is 0.350. The lowest BCUT2D eigenvalue weighted by molar-refractivity contribution is -0.116. The minimum absolute atomic E-state index is 0.0484. The number of pyridine rings is 2. The van der Waals surface area contributed by atoms with Crippen molar-refractivity contribution in [2.75, 3.05) is 24.5 Å². The van der Waals surface area contributed by atoms with Crippen LogP contribution in [-0.2, 0) is 4.79 Å². The average molecular weight is 369 g/mol. The van der Waals surface area contributed by atoms with Gasteiger partial charge in [0.1, 0.15) is 5.15 Å². The van der Waals surface area contributed by atoms with E-state index in [4.69, 9.17) is 11.6 Å². The number of aromatic nitrogens is 2. The standard InChI is InChI=1S/C20H21ClN4O/c21-19-10-15(5-8-23-19)25-12-17-16(18(17)13-25)6-9-24-20(26)4-3-14-2-1-7-22-11-14/h1-5,7-8,10-11,16-18H,6,9,12-13H2,(H,24,26)/b4-3+. The first-order valence-corrected chi connectivity index (χ1v) is 9.31. The maximum atomic E-state index is 11.9. The predicted octanol–water partition coefficient (Wildman–Crippen LogP) is 3.03. The van der Waals surface area contributed by atoms with Crippen molar-refractivity contribution in [1.29, 1.82) is 0 Å². The van der Waals surface area contributed by atoms with Crippen molar-refractivity contribution in [2.24, 2.45) is 17.8 Å². The molecule has 0 aromatic carbocycles. The maximum absolute atomic E-state index is 11.9. The first-order valence-electron chi connectivity index (χ1n) is 8.93. The van der Waals surface area contributed by atoms with Crippen LogP contribution in [0.4, 0.5) is 5.69 Å². The van der Waals surface area contributed by atoms with E-state index >= 15 is 0 Å². The molecule has 1 saturated heterocycles. The fourth-order valence-electron chi connectivity index (χ4n) is 3.94. The summed E-state index contributed by atoms with van der Waals surface area (Å²) in [5.41, 5.74) is 2.08. The number of amides is 1. The summed E-state index contributed by atoms with van der Waals surface area (Å²) in [4.78, 5) is 22.3. The molecule has 5 nitrogen and oxygen atoms in total. The maximum Gasteiger partial charge on any atom is 0.244 e. The Bertz CT molecular complexity index is 798. The molecule has 2 unspecified atom stereocenters. The number of hydrogen-bond acceptors (Lipinski definition) is 4. The fourth-order valence-corrected chi connectivity index (χ4v) is 4.11. The van der Waals surface area contributed by atoms with E-state index in [9.17, 15) is 4.79 Å². The topological polar surface area (TPSA) is 58.1 Å². The molecular weight excluding hydrogens is 348 g/mol. The van der Waals surface area contributed by atoms with Crippen molar-refractivity contribution in [2.45, 2.75) is 6.42 Å². The summed E-state index contributed by atoms with van der Waals surface area (Å²) in [7, 11) is 0. The zero-order chi connectivity index (χ0) is 17.9. The molecule has 1 aliphatic heterocycles. The molecule has 1 N–H and O–H groups in total. The lowest BCUT2D eigenvalue weighted by atomic mass is 10.2. The number of carbonyl (C=O) groups is 1. The molecular formula is C20H21ClN4O. The minimum atomic E-state index is -0.0484. The summed E-state index contributed by atoms with van der Waals surface area (Å²) in [6.07, 6.45) is 9.61. The number of carbonyl (C=O) groups excluding carboxylic acids is 1. The molecule has 0 radical (unpaired) electrons. The average Bonchev–Trinajstić information content (AvgIpc) is 3.10. The summed E-state index contributed by atoms with van der Waals surface area (Å²) >= 11 is 5.98. The van der Waals surface area contributed by atoms with E-state index in [1.807, 2.05) is 24.3 Å². The highest BCUT2D eigenvalue weighted by Crippen LogP contribution is 2.54. The van der Waals surface area contributed by atoms with Crippen LogP contribution in [-0.4, -0.2) is 35.5 Å². The molecule has 2 atom stereocenters. The van der Waals surface area contributed by atoms with E-state index in [1.54, 1.807) is 30.7 Å². The summed E-state index contributed by atoms with van der Waals surface area (Å²) < 4.78 is 0. The second kappa shape index (κ2) is 7.46. The summed E-state index contributed by atoms with van der Waals surface area (Å²) in [5.74, 6) is 2.16. The van der Waals surface area contributed by atoms with Crippen molar-refractivity contribution in [3.05, 3.63) is 59.6 Å². The van der Waals surface area contributed by atoms with Gasteiger partial charge in [-0.15, -0.1) is 0 Å². The monoisotopic (exact) mass is 368 g/mol.